The Morgan fingerprint density at radius 1 is 1.24 bits per heavy atom. The first-order valence-corrected chi connectivity index (χ1v) is 8.86. The summed E-state index contributed by atoms with van der Waals surface area (Å²) in [6, 6.07) is 7.32. The number of nitrogens with one attached hydrogen (secondary N) is 1. The Bertz CT molecular complexity index is 553. The van der Waals surface area contributed by atoms with Crippen LogP contribution < -0.4 is 10.1 Å². The third-order valence-corrected chi connectivity index (χ3v) is 6.68. The minimum atomic E-state index is 0.529. The molecular formula is C19H25NO. The van der Waals surface area contributed by atoms with Crippen molar-refractivity contribution in [3.63, 3.8) is 0 Å². The molecule has 5 atom stereocenters. The van der Waals surface area contributed by atoms with Gasteiger partial charge in [0.05, 0.1) is 6.61 Å². The van der Waals surface area contributed by atoms with Gasteiger partial charge in [0, 0.05) is 18.0 Å². The lowest BCUT2D eigenvalue weighted by atomic mass is 9.91. The quantitative estimate of drug-likeness (QED) is 0.912. The molecule has 1 aromatic rings. The molecule has 2 heteroatoms. The molecule has 2 bridgehead atoms. The van der Waals surface area contributed by atoms with Crippen LogP contribution in [0.2, 0.25) is 0 Å². The Morgan fingerprint density at radius 3 is 2.81 bits per heavy atom. The third kappa shape index (κ3) is 1.69. The van der Waals surface area contributed by atoms with Gasteiger partial charge in [-0.1, -0.05) is 25.1 Å². The summed E-state index contributed by atoms with van der Waals surface area (Å²) in [6.07, 6.45) is 5.63. The first-order valence-electron chi connectivity index (χ1n) is 8.86. The van der Waals surface area contributed by atoms with Crippen LogP contribution in [-0.4, -0.2) is 13.2 Å². The molecule has 112 valence electrons. The summed E-state index contributed by atoms with van der Waals surface area (Å²) in [4.78, 5) is 0. The smallest absolute Gasteiger partial charge is 0.127 e. The molecule has 1 N–H and O–H groups in total. The van der Waals surface area contributed by atoms with Crippen LogP contribution in [0.25, 0.3) is 0 Å². The van der Waals surface area contributed by atoms with Crippen LogP contribution in [-0.2, 0) is 6.42 Å². The number of ether oxygens (including phenoxy) is 1. The van der Waals surface area contributed by atoms with Crippen LogP contribution in [0.15, 0.2) is 18.2 Å². The van der Waals surface area contributed by atoms with Gasteiger partial charge in [-0.15, -0.1) is 0 Å². The second-order valence-electron chi connectivity index (χ2n) is 7.53. The van der Waals surface area contributed by atoms with E-state index < -0.39 is 0 Å². The Morgan fingerprint density at radius 2 is 2.05 bits per heavy atom. The fourth-order valence-corrected chi connectivity index (χ4v) is 6.00. The van der Waals surface area contributed by atoms with E-state index >= 15 is 0 Å². The molecule has 1 aliphatic heterocycles. The van der Waals surface area contributed by atoms with Crippen molar-refractivity contribution in [2.75, 3.05) is 13.2 Å². The van der Waals surface area contributed by atoms with Gasteiger partial charge < -0.3 is 10.1 Å². The highest BCUT2D eigenvalue weighted by atomic mass is 16.5. The molecular weight excluding hydrogens is 258 g/mol. The lowest BCUT2D eigenvalue weighted by Gasteiger charge is -2.23. The van der Waals surface area contributed by atoms with Crippen LogP contribution in [0, 0.1) is 29.6 Å². The van der Waals surface area contributed by atoms with Gasteiger partial charge in [0.25, 0.3) is 0 Å². The minimum Gasteiger partial charge on any atom is -0.493 e. The average Bonchev–Trinajstić information content (AvgIpc) is 2.91. The molecule has 1 heterocycles. The van der Waals surface area contributed by atoms with Gasteiger partial charge in [-0.3, -0.25) is 0 Å². The van der Waals surface area contributed by atoms with Crippen LogP contribution in [0.1, 0.15) is 43.4 Å². The highest BCUT2D eigenvalue weighted by Crippen LogP contribution is 2.72. The van der Waals surface area contributed by atoms with E-state index in [9.17, 15) is 0 Å². The van der Waals surface area contributed by atoms with Gasteiger partial charge in [-0.2, -0.15) is 0 Å². The van der Waals surface area contributed by atoms with E-state index in [-0.39, 0.29) is 0 Å². The predicted molar refractivity (Wildman–Crippen MR) is 83.4 cm³/mol. The van der Waals surface area contributed by atoms with Crippen molar-refractivity contribution in [2.24, 2.45) is 29.6 Å². The third-order valence-electron chi connectivity index (χ3n) is 6.68. The Kier molecular flexibility index (Phi) is 2.67. The number of rotatable bonds is 4. The first-order chi connectivity index (χ1) is 10.4. The second kappa shape index (κ2) is 4.49. The zero-order valence-electron chi connectivity index (χ0n) is 12.8. The molecule has 21 heavy (non-hydrogen) atoms. The Labute approximate surface area is 127 Å². The SMILES string of the molecule is CCNC(c1cccc2c1OCC2)C1C2C3CCC(C3)C21. The van der Waals surface area contributed by atoms with E-state index in [1.807, 2.05) is 0 Å². The van der Waals surface area contributed by atoms with Gasteiger partial charge in [-0.25, -0.2) is 0 Å². The molecule has 0 aromatic heterocycles. The lowest BCUT2D eigenvalue weighted by Crippen LogP contribution is -2.25. The van der Waals surface area contributed by atoms with Crippen LogP contribution in [0.4, 0.5) is 0 Å². The van der Waals surface area contributed by atoms with Crippen molar-refractivity contribution in [3.8, 4) is 5.75 Å². The molecule has 3 fully saturated rings. The van der Waals surface area contributed by atoms with Crippen molar-refractivity contribution >= 4 is 0 Å². The van der Waals surface area contributed by atoms with E-state index in [1.54, 1.807) is 0 Å². The Balaban J connectivity index is 1.49. The van der Waals surface area contributed by atoms with Crippen molar-refractivity contribution < 1.29 is 4.74 Å². The standard InChI is InChI=1S/C19H25NO/c1-2-20-18(14-5-3-4-11-8-9-21-19(11)14)17-15-12-6-7-13(10-12)16(15)17/h3-5,12-13,15-18,20H,2,6-10H2,1H3. The lowest BCUT2D eigenvalue weighted by molar-refractivity contribution is 0.332. The maximum atomic E-state index is 5.99. The second-order valence-corrected chi connectivity index (χ2v) is 7.53. The molecule has 2 nitrogen and oxygen atoms in total. The molecule has 5 unspecified atom stereocenters. The van der Waals surface area contributed by atoms with Gasteiger partial charge in [-0.05, 0) is 61.0 Å². The number of benzene rings is 1. The topological polar surface area (TPSA) is 21.3 Å². The zero-order valence-corrected chi connectivity index (χ0v) is 12.8. The normalized spacial score (nSPS) is 39.8. The molecule has 1 aromatic carbocycles. The van der Waals surface area contributed by atoms with Gasteiger partial charge in [0.2, 0.25) is 0 Å². The highest BCUT2D eigenvalue weighted by Gasteiger charge is 2.66. The monoisotopic (exact) mass is 283 g/mol. The van der Waals surface area contributed by atoms with Crippen molar-refractivity contribution in [1.29, 1.82) is 0 Å². The average molecular weight is 283 g/mol. The van der Waals surface area contributed by atoms with Gasteiger partial charge in [0.15, 0.2) is 0 Å². The molecule has 5 rings (SSSR count). The number of para-hydroxylation sites is 1. The zero-order chi connectivity index (χ0) is 14.0. The molecule has 0 spiro atoms. The maximum absolute atomic E-state index is 5.99. The molecule has 0 radical (unpaired) electrons. The summed E-state index contributed by atoms with van der Waals surface area (Å²) in [5.74, 6) is 6.22. The highest BCUT2D eigenvalue weighted by molar-refractivity contribution is 5.46. The summed E-state index contributed by atoms with van der Waals surface area (Å²) in [6.45, 7) is 4.16. The molecule has 3 saturated carbocycles. The minimum absolute atomic E-state index is 0.529. The number of fused-ring (bicyclic) bond motifs is 6. The first kappa shape index (κ1) is 12.5. The largest absolute Gasteiger partial charge is 0.493 e. The number of hydrogen-bond acceptors (Lipinski definition) is 2. The summed E-state index contributed by atoms with van der Waals surface area (Å²) in [5, 5.41) is 3.81. The number of hydrogen-bond donors (Lipinski definition) is 1. The summed E-state index contributed by atoms with van der Waals surface area (Å²) >= 11 is 0. The fourth-order valence-electron chi connectivity index (χ4n) is 6.00. The fraction of sp³-hybridized carbons (Fsp3) is 0.684. The van der Waals surface area contributed by atoms with E-state index in [0.717, 1.165) is 49.2 Å². The van der Waals surface area contributed by atoms with Crippen molar-refractivity contribution in [3.05, 3.63) is 29.3 Å². The maximum Gasteiger partial charge on any atom is 0.127 e. The van der Waals surface area contributed by atoms with Gasteiger partial charge in [0.1, 0.15) is 5.75 Å². The molecule has 4 aliphatic rings. The van der Waals surface area contributed by atoms with Crippen LogP contribution in [0.5, 0.6) is 5.75 Å². The van der Waals surface area contributed by atoms with E-state index in [2.05, 4.69) is 30.4 Å². The van der Waals surface area contributed by atoms with E-state index in [4.69, 9.17) is 4.74 Å². The van der Waals surface area contributed by atoms with E-state index in [1.165, 1.54) is 36.1 Å². The van der Waals surface area contributed by atoms with Crippen LogP contribution in [0.3, 0.4) is 0 Å². The predicted octanol–water partition coefficient (Wildman–Crippen LogP) is 3.56. The summed E-state index contributed by atoms with van der Waals surface area (Å²) < 4.78 is 5.99. The van der Waals surface area contributed by atoms with E-state index in [0.29, 0.717) is 6.04 Å². The molecule has 3 aliphatic carbocycles. The molecule has 0 saturated heterocycles. The van der Waals surface area contributed by atoms with Crippen molar-refractivity contribution in [1.82, 2.24) is 5.32 Å². The van der Waals surface area contributed by atoms with Gasteiger partial charge >= 0.3 is 0 Å². The summed E-state index contributed by atoms with van der Waals surface area (Å²) in [5.41, 5.74) is 2.87. The Hall–Kier alpha value is -1.02. The summed E-state index contributed by atoms with van der Waals surface area (Å²) in [7, 11) is 0. The van der Waals surface area contributed by atoms with Crippen molar-refractivity contribution in [2.45, 2.75) is 38.6 Å². The van der Waals surface area contributed by atoms with Crippen LogP contribution >= 0.6 is 0 Å². The molecule has 0 amide bonds.